The number of aliphatic hydroxyl groups is 1. The van der Waals surface area contributed by atoms with Gasteiger partial charge in [0.2, 0.25) is 0 Å². The summed E-state index contributed by atoms with van der Waals surface area (Å²) in [5.41, 5.74) is 0. The quantitative estimate of drug-likeness (QED) is 0.445. The molecule has 4 nitrogen and oxygen atoms in total. The molecule has 0 unspecified atom stereocenters. The molecule has 0 aromatic heterocycles. The molecule has 5 heteroatoms. The molecule has 1 N–H and O–H groups in total. The van der Waals surface area contributed by atoms with Gasteiger partial charge in [0.25, 0.3) is 10.1 Å². The summed E-state index contributed by atoms with van der Waals surface area (Å²) < 4.78 is 24.9. The van der Waals surface area contributed by atoms with Gasteiger partial charge in [-0.05, 0) is 6.42 Å². The maximum atomic E-state index is 10.4. The van der Waals surface area contributed by atoms with Gasteiger partial charge in [0.05, 0.1) is 5.75 Å². The fourth-order valence-corrected chi connectivity index (χ4v) is 1.17. The van der Waals surface area contributed by atoms with Crippen molar-refractivity contribution in [2.75, 3.05) is 12.5 Å². The lowest BCUT2D eigenvalue weighted by Crippen LogP contribution is -2.10. The van der Waals surface area contributed by atoms with E-state index >= 15 is 0 Å². The average molecular weight is 154 g/mol. The van der Waals surface area contributed by atoms with Crippen LogP contribution in [0.2, 0.25) is 0 Å². The summed E-state index contributed by atoms with van der Waals surface area (Å²) in [5, 5.41) is 8.03. The summed E-state index contributed by atoms with van der Waals surface area (Å²) in [7, 11) is -3.43. The zero-order chi connectivity index (χ0) is 7.33. The van der Waals surface area contributed by atoms with Crippen molar-refractivity contribution in [2.45, 2.75) is 13.3 Å². The first kappa shape index (κ1) is 8.87. The predicted octanol–water partition coefficient (Wildman–Crippen LogP) is -0.307. The third-order valence-corrected chi connectivity index (χ3v) is 2.06. The van der Waals surface area contributed by atoms with Gasteiger partial charge < -0.3 is 5.11 Å². The molecule has 0 amide bonds. The van der Waals surface area contributed by atoms with Gasteiger partial charge in [-0.2, -0.15) is 8.42 Å². The lowest BCUT2D eigenvalue weighted by atomic mass is 10.6. The van der Waals surface area contributed by atoms with Crippen molar-refractivity contribution in [3.05, 3.63) is 0 Å². The van der Waals surface area contributed by atoms with Crippen LogP contribution in [0.25, 0.3) is 0 Å². The number of hydrogen-bond donors (Lipinski definition) is 1. The van der Waals surface area contributed by atoms with Crippen molar-refractivity contribution in [3.8, 4) is 0 Å². The van der Waals surface area contributed by atoms with Crippen LogP contribution >= 0.6 is 0 Å². The van der Waals surface area contributed by atoms with Gasteiger partial charge in [-0.1, -0.05) is 6.92 Å². The van der Waals surface area contributed by atoms with E-state index in [1.54, 1.807) is 6.92 Å². The largest absolute Gasteiger partial charge is 0.369 e. The van der Waals surface area contributed by atoms with Crippen LogP contribution < -0.4 is 0 Å². The normalized spacial score (nSPS) is 11.8. The average Bonchev–Trinajstić information content (AvgIpc) is 1.64. The first-order valence-electron chi connectivity index (χ1n) is 2.60. The Morgan fingerprint density at radius 3 is 2.44 bits per heavy atom. The molecule has 0 spiro atoms. The van der Waals surface area contributed by atoms with Crippen LogP contribution in [0.1, 0.15) is 13.3 Å². The third kappa shape index (κ3) is 4.38. The molecule has 0 fully saturated rings. The van der Waals surface area contributed by atoms with Crippen LogP contribution in [0.3, 0.4) is 0 Å². The Hall–Kier alpha value is -0.130. The SMILES string of the molecule is CCCS(=O)(=O)OCO. The number of hydrogen-bond acceptors (Lipinski definition) is 4. The Labute approximate surface area is 54.6 Å². The molecule has 0 saturated carbocycles. The molecule has 0 aliphatic carbocycles. The molecule has 0 atom stereocenters. The van der Waals surface area contributed by atoms with Gasteiger partial charge in [0, 0.05) is 0 Å². The van der Waals surface area contributed by atoms with Crippen LogP contribution in [-0.4, -0.2) is 26.1 Å². The van der Waals surface area contributed by atoms with Crippen molar-refractivity contribution < 1.29 is 17.7 Å². The van der Waals surface area contributed by atoms with Crippen LogP contribution in [0.4, 0.5) is 0 Å². The van der Waals surface area contributed by atoms with Crippen LogP contribution in [0, 0.1) is 0 Å². The fraction of sp³-hybridized carbons (Fsp3) is 1.00. The summed E-state index contributed by atoms with van der Waals surface area (Å²) in [6.07, 6.45) is 0.502. The smallest absolute Gasteiger partial charge is 0.269 e. The van der Waals surface area contributed by atoms with E-state index in [0.29, 0.717) is 6.42 Å². The van der Waals surface area contributed by atoms with E-state index < -0.39 is 16.9 Å². The molecule has 0 rings (SSSR count). The minimum absolute atomic E-state index is 0.0342. The van der Waals surface area contributed by atoms with Gasteiger partial charge in [-0.15, -0.1) is 0 Å². The Balaban J connectivity index is 3.73. The summed E-state index contributed by atoms with van der Waals surface area (Å²) >= 11 is 0. The predicted molar refractivity (Wildman–Crippen MR) is 32.2 cm³/mol. The maximum absolute atomic E-state index is 10.4. The van der Waals surface area contributed by atoms with Gasteiger partial charge in [-0.3, -0.25) is 0 Å². The molecular weight excluding hydrogens is 144 g/mol. The third-order valence-electron chi connectivity index (χ3n) is 0.686. The van der Waals surface area contributed by atoms with E-state index in [1.165, 1.54) is 0 Å². The van der Waals surface area contributed by atoms with E-state index in [1.807, 2.05) is 0 Å². The van der Waals surface area contributed by atoms with Gasteiger partial charge in [-0.25, -0.2) is 4.18 Å². The van der Waals surface area contributed by atoms with Gasteiger partial charge in [0.1, 0.15) is 0 Å². The second kappa shape index (κ2) is 3.81. The second-order valence-corrected chi connectivity index (χ2v) is 3.27. The van der Waals surface area contributed by atoms with Crippen LogP contribution in [0.5, 0.6) is 0 Å². The van der Waals surface area contributed by atoms with Crippen molar-refractivity contribution >= 4 is 10.1 Å². The van der Waals surface area contributed by atoms with Crippen molar-refractivity contribution in [3.63, 3.8) is 0 Å². The minimum Gasteiger partial charge on any atom is -0.369 e. The van der Waals surface area contributed by atoms with Crippen molar-refractivity contribution in [1.82, 2.24) is 0 Å². The molecular formula is C4H10O4S. The van der Waals surface area contributed by atoms with E-state index in [9.17, 15) is 8.42 Å². The highest BCUT2D eigenvalue weighted by atomic mass is 32.2. The van der Waals surface area contributed by atoms with Crippen molar-refractivity contribution in [1.29, 1.82) is 0 Å². The fourth-order valence-electron chi connectivity index (χ4n) is 0.389. The number of aliphatic hydroxyl groups excluding tert-OH is 1. The highest BCUT2D eigenvalue weighted by Crippen LogP contribution is 1.93. The second-order valence-electron chi connectivity index (χ2n) is 1.51. The topological polar surface area (TPSA) is 63.6 Å². The summed E-state index contributed by atoms with van der Waals surface area (Å²) in [4.78, 5) is 0. The highest BCUT2D eigenvalue weighted by Gasteiger charge is 2.06. The monoisotopic (exact) mass is 154 g/mol. The maximum Gasteiger partial charge on any atom is 0.269 e. The molecule has 56 valence electrons. The van der Waals surface area contributed by atoms with Crippen molar-refractivity contribution in [2.24, 2.45) is 0 Å². The Morgan fingerprint density at radius 1 is 1.56 bits per heavy atom. The minimum atomic E-state index is -3.43. The van der Waals surface area contributed by atoms with Crippen LogP contribution in [0.15, 0.2) is 0 Å². The molecule has 0 radical (unpaired) electrons. The molecule has 0 aromatic rings. The molecule has 0 aliphatic rings. The summed E-state index contributed by atoms with van der Waals surface area (Å²) in [6.45, 7) is 0.959. The first-order valence-corrected chi connectivity index (χ1v) is 4.18. The first-order chi connectivity index (χ1) is 4.12. The zero-order valence-corrected chi connectivity index (χ0v) is 6.02. The Morgan fingerprint density at radius 2 is 2.11 bits per heavy atom. The summed E-state index contributed by atoms with van der Waals surface area (Å²) in [5.74, 6) is -0.0342. The summed E-state index contributed by atoms with van der Waals surface area (Å²) in [6, 6.07) is 0. The number of rotatable bonds is 4. The van der Waals surface area contributed by atoms with E-state index in [-0.39, 0.29) is 5.75 Å². The Bertz CT molecular complexity index is 136. The lowest BCUT2D eigenvalue weighted by molar-refractivity contribution is 0.105. The standard InChI is InChI=1S/C4H10O4S/c1-2-3-9(6,7)8-4-5/h5H,2-4H2,1H3. The van der Waals surface area contributed by atoms with E-state index in [0.717, 1.165) is 0 Å². The van der Waals surface area contributed by atoms with Gasteiger partial charge >= 0.3 is 0 Å². The molecule has 9 heavy (non-hydrogen) atoms. The van der Waals surface area contributed by atoms with Crippen LogP contribution in [-0.2, 0) is 14.3 Å². The Kier molecular flexibility index (Phi) is 3.76. The molecule has 0 bridgehead atoms. The highest BCUT2D eigenvalue weighted by molar-refractivity contribution is 7.86. The van der Waals surface area contributed by atoms with E-state index in [2.05, 4.69) is 4.18 Å². The zero-order valence-electron chi connectivity index (χ0n) is 5.20. The molecule has 0 aliphatic heterocycles. The molecule has 0 aromatic carbocycles. The van der Waals surface area contributed by atoms with Gasteiger partial charge in [0.15, 0.2) is 6.79 Å². The molecule has 0 heterocycles. The van der Waals surface area contributed by atoms with E-state index in [4.69, 9.17) is 5.11 Å². The lowest BCUT2D eigenvalue weighted by Gasteiger charge is -1.97. The molecule has 0 saturated heterocycles.